The molecule has 0 bridgehead atoms. The maximum absolute atomic E-state index is 7.97. The van der Waals surface area contributed by atoms with E-state index in [2.05, 4.69) is 15.2 Å². The van der Waals surface area contributed by atoms with Gasteiger partial charge in [0.1, 0.15) is 11.7 Å². The number of hydrogen-bond donors (Lipinski definition) is 3. The lowest BCUT2D eigenvalue weighted by Crippen LogP contribution is -2.41. The quantitative estimate of drug-likeness (QED) is 0.533. The maximum Gasteiger partial charge on any atom is 0.175 e. The summed E-state index contributed by atoms with van der Waals surface area (Å²) < 4.78 is 5.24. The van der Waals surface area contributed by atoms with Gasteiger partial charge in [-0.3, -0.25) is 10.5 Å². The van der Waals surface area contributed by atoms with E-state index >= 15 is 0 Å². The van der Waals surface area contributed by atoms with Gasteiger partial charge in [-0.25, -0.2) is 4.99 Å². The van der Waals surface area contributed by atoms with Crippen molar-refractivity contribution in [3.63, 3.8) is 0 Å². The van der Waals surface area contributed by atoms with Crippen molar-refractivity contribution < 1.29 is 4.74 Å². The van der Waals surface area contributed by atoms with E-state index < -0.39 is 0 Å². The first-order valence-electron chi connectivity index (χ1n) is 5.90. The fourth-order valence-corrected chi connectivity index (χ4v) is 1.76. The van der Waals surface area contributed by atoms with Gasteiger partial charge in [0.25, 0.3) is 0 Å². The van der Waals surface area contributed by atoms with Gasteiger partial charge >= 0.3 is 0 Å². The molecule has 1 saturated heterocycles. The van der Waals surface area contributed by atoms with Crippen molar-refractivity contribution in [1.82, 2.24) is 15.1 Å². The van der Waals surface area contributed by atoms with Gasteiger partial charge in [-0.05, 0) is 6.92 Å². The van der Waals surface area contributed by atoms with Crippen LogP contribution in [0.1, 0.15) is 12.1 Å². The normalized spacial score (nSPS) is 16.9. The average Bonchev–Trinajstić information content (AvgIpc) is 2.75. The number of morpholine rings is 1. The summed E-state index contributed by atoms with van der Waals surface area (Å²) in [4.78, 5) is 6.13. The molecule has 7 heteroatoms. The van der Waals surface area contributed by atoms with Crippen molar-refractivity contribution in [2.45, 2.75) is 13.3 Å². The zero-order chi connectivity index (χ0) is 13.0. The summed E-state index contributed by atoms with van der Waals surface area (Å²) in [6.45, 7) is 4.72. The Morgan fingerprint density at radius 1 is 1.61 bits per heavy atom. The first-order chi connectivity index (χ1) is 8.65. The van der Waals surface area contributed by atoms with E-state index in [9.17, 15) is 0 Å². The molecule has 1 fully saturated rings. The molecule has 0 radical (unpaired) electrons. The molecule has 2 heterocycles. The van der Waals surface area contributed by atoms with Crippen molar-refractivity contribution in [3.05, 3.63) is 11.8 Å². The van der Waals surface area contributed by atoms with Crippen LogP contribution in [0.2, 0.25) is 0 Å². The predicted octanol–water partition coefficient (Wildman–Crippen LogP) is 0.406. The van der Waals surface area contributed by atoms with Crippen LogP contribution >= 0.6 is 0 Å². The van der Waals surface area contributed by atoms with Gasteiger partial charge in [-0.1, -0.05) is 0 Å². The summed E-state index contributed by atoms with van der Waals surface area (Å²) in [5, 5.41) is 14.7. The van der Waals surface area contributed by atoms with Gasteiger partial charge in [0.2, 0.25) is 0 Å². The van der Waals surface area contributed by atoms with E-state index in [-0.39, 0.29) is 0 Å². The summed E-state index contributed by atoms with van der Waals surface area (Å²) in [6.07, 6.45) is 0.339. The Balaban J connectivity index is 1.91. The summed E-state index contributed by atoms with van der Waals surface area (Å²) >= 11 is 0. The average molecular weight is 250 g/mol. The molecule has 0 aliphatic carbocycles. The van der Waals surface area contributed by atoms with Crippen LogP contribution in [0.5, 0.6) is 0 Å². The standard InChI is InChI=1S/C11H18N6O/c1-8-6-11(16-15-8)14-9(12)7-10(13)17-2-4-18-5-3-17/h6,13H,2-5,7H2,1H3,(H3,12,14,15,16). The Kier molecular flexibility index (Phi) is 3.93. The lowest BCUT2D eigenvalue weighted by Gasteiger charge is -2.28. The van der Waals surface area contributed by atoms with E-state index in [1.807, 2.05) is 17.9 Å². The fraction of sp³-hybridized carbons (Fsp3) is 0.545. The minimum absolute atomic E-state index is 0.339. The molecule has 1 aliphatic rings. The van der Waals surface area contributed by atoms with Crippen LogP contribution in [-0.2, 0) is 4.74 Å². The summed E-state index contributed by atoms with van der Waals surface area (Å²) in [6, 6.07) is 1.81. The van der Waals surface area contributed by atoms with Crippen LogP contribution in [-0.4, -0.2) is 53.1 Å². The van der Waals surface area contributed by atoms with Crippen molar-refractivity contribution in [2.24, 2.45) is 10.7 Å². The van der Waals surface area contributed by atoms with E-state index in [0.29, 0.717) is 37.1 Å². The second-order valence-electron chi connectivity index (χ2n) is 4.24. The molecule has 0 unspecified atom stereocenters. The van der Waals surface area contributed by atoms with Crippen LogP contribution in [0.4, 0.5) is 5.82 Å². The smallest absolute Gasteiger partial charge is 0.175 e. The number of nitrogens with one attached hydrogen (secondary N) is 2. The Morgan fingerprint density at radius 2 is 2.33 bits per heavy atom. The number of aromatic nitrogens is 2. The molecule has 0 aromatic carbocycles. The van der Waals surface area contributed by atoms with Crippen molar-refractivity contribution in [2.75, 3.05) is 26.3 Å². The number of amidine groups is 2. The Hall–Kier alpha value is -1.89. The monoisotopic (exact) mass is 250 g/mol. The zero-order valence-electron chi connectivity index (χ0n) is 10.4. The number of H-pyrrole nitrogens is 1. The van der Waals surface area contributed by atoms with E-state index in [1.54, 1.807) is 0 Å². The number of rotatable bonds is 3. The molecule has 0 spiro atoms. The van der Waals surface area contributed by atoms with Gasteiger partial charge in [-0.2, -0.15) is 5.10 Å². The Bertz CT molecular complexity index is 446. The predicted molar refractivity (Wildman–Crippen MR) is 69.3 cm³/mol. The lowest BCUT2D eigenvalue weighted by molar-refractivity contribution is 0.0672. The van der Waals surface area contributed by atoms with Crippen molar-refractivity contribution >= 4 is 17.5 Å². The highest BCUT2D eigenvalue weighted by molar-refractivity contribution is 6.01. The molecule has 1 aromatic heterocycles. The second kappa shape index (κ2) is 5.63. The number of aliphatic imine (C=N–C) groups is 1. The highest BCUT2D eigenvalue weighted by Crippen LogP contribution is 2.09. The number of hydrogen-bond acceptors (Lipinski definition) is 4. The summed E-state index contributed by atoms with van der Waals surface area (Å²) in [5.74, 6) is 1.43. The molecule has 0 atom stereocenters. The first-order valence-corrected chi connectivity index (χ1v) is 5.90. The molecule has 4 N–H and O–H groups in total. The Labute approximate surface area is 106 Å². The number of nitrogens with two attached hydrogens (primary N) is 1. The molecule has 0 amide bonds. The SMILES string of the molecule is Cc1cc(N=C(N)CC(=N)N2CCOCC2)n[nH]1. The van der Waals surface area contributed by atoms with Gasteiger partial charge in [-0.15, -0.1) is 0 Å². The number of aryl methyl sites for hydroxylation is 1. The highest BCUT2D eigenvalue weighted by Gasteiger charge is 2.14. The largest absolute Gasteiger partial charge is 0.387 e. The summed E-state index contributed by atoms with van der Waals surface area (Å²) in [5.41, 5.74) is 6.75. The minimum Gasteiger partial charge on any atom is -0.387 e. The van der Waals surface area contributed by atoms with Crippen LogP contribution < -0.4 is 5.73 Å². The van der Waals surface area contributed by atoms with Gasteiger partial charge in [0.15, 0.2) is 5.82 Å². The molecule has 1 aliphatic heterocycles. The van der Waals surface area contributed by atoms with Gasteiger partial charge in [0.05, 0.1) is 19.6 Å². The molecule has 7 nitrogen and oxygen atoms in total. The van der Waals surface area contributed by atoms with Crippen LogP contribution in [0, 0.1) is 12.3 Å². The Morgan fingerprint density at radius 3 is 2.94 bits per heavy atom. The van der Waals surface area contributed by atoms with Gasteiger partial charge in [0, 0.05) is 24.8 Å². The third kappa shape index (κ3) is 3.30. The van der Waals surface area contributed by atoms with E-state index in [4.69, 9.17) is 15.9 Å². The van der Waals surface area contributed by atoms with Gasteiger partial charge < -0.3 is 15.4 Å². The van der Waals surface area contributed by atoms with Crippen molar-refractivity contribution in [1.29, 1.82) is 5.41 Å². The van der Waals surface area contributed by atoms with Crippen LogP contribution in [0.3, 0.4) is 0 Å². The lowest BCUT2D eigenvalue weighted by atomic mass is 10.3. The fourth-order valence-electron chi connectivity index (χ4n) is 1.76. The third-order valence-electron chi connectivity index (χ3n) is 2.69. The number of aromatic amines is 1. The number of nitrogens with zero attached hydrogens (tertiary/aromatic N) is 3. The molecule has 98 valence electrons. The molecule has 1 aromatic rings. The number of ether oxygens (including phenoxy) is 1. The van der Waals surface area contributed by atoms with Crippen LogP contribution in [0.25, 0.3) is 0 Å². The molecule has 18 heavy (non-hydrogen) atoms. The minimum atomic E-state index is 0.339. The molecule has 2 rings (SSSR count). The van der Waals surface area contributed by atoms with Crippen molar-refractivity contribution in [3.8, 4) is 0 Å². The first kappa shape index (κ1) is 12.6. The highest BCUT2D eigenvalue weighted by atomic mass is 16.5. The zero-order valence-corrected chi connectivity index (χ0v) is 10.4. The van der Waals surface area contributed by atoms with Crippen LogP contribution in [0.15, 0.2) is 11.1 Å². The molecular weight excluding hydrogens is 232 g/mol. The van der Waals surface area contributed by atoms with E-state index in [0.717, 1.165) is 18.8 Å². The third-order valence-corrected chi connectivity index (χ3v) is 2.69. The topological polar surface area (TPSA) is 103 Å². The maximum atomic E-state index is 7.97. The summed E-state index contributed by atoms with van der Waals surface area (Å²) in [7, 11) is 0. The van der Waals surface area contributed by atoms with E-state index in [1.165, 1.54) is 0 Å². The molecular formula is C11H18N6O. The molecule has 0 saturated carbocycles. The second-order valence-corrected chi connectivity index (χ2v) is 4.24.